The van der Waals surface area contributed by atoms with Crippen molar-refractivity contribution < 1.29 is 9.59 Å². The normalized spacial score (nSPS) is 14.5. The van der Waals surface area contributed by atoms with Crippen LogP contribution in [0.4, 0.5) is 0 Å². The smallest absolute Gasteiger partial charge is 0.272 e. The Balaban J connectivity index is 2.46. The van der Waals surface area contributed by atoms with Gasteiger partial charge in [0.1, 0.15) is 5.69 Å². The number of carbonyl (C=O) groups is 2. The fourth-order valence-electron chi connectivity index (χ4n) is 1.65. The van der Waals surface area contributed by atoms with Crippen molar-refractivity contribution >= 4 is 11.8 Å². The third-order valence-electron chi connectivity index (χ3n) is 2.79. The second kappa shape index (κ2) is 4.16. The van der Waals surface area contributed by atoms with Gasteiger partial charge in [-0.15, -0.1) is 0 Å². The summed E-state index contributed by atoms with van der Waals surface area (Å²) in [6, 6.07) is 3.38. The summed E-state index contributed by atoms with van der Waals surface area (Å²) in [4.78, 5) is 28.9. The minimum Gasteiger partial charge on any atom is -0.366 e. The van der Waals surface area contributed by atoms with Crippen molar-refractivity contribution in [3.8, 4) is 0 Å². The molecule has 90 valence electrons. The molecular formula is C12H15N3O2. The van der Waals surface area contributed by atoms with Crippen LogP contribution in [0.15, 0.2) is 12.1 Å². The van der Waals surface area contributed by atoms with Crippen molar-refractivity contribution in [2.45, 2.75) is 18.8 Å². The van der Waals surface area contributed by atoms with E-state index in [4.69, 9.17) is 5.73 Å². The first-order chi connectivity index (χ1) is 8.00. The topological polar surface area (TPSA) is 76.3 Å². The maximum absolute atomic E-state index is 11.9. The Morgan fingerprint density at radius 2 is 2.00 bits per heavy atom. The highest BCUT2D eigenvalue weighted by Gasteiger charge is 2.27. The van der Waals surface area contributed by atoms with Crippen molar-refractivity contribution in [2.24, 2.45) is 5.73 Å². The minimum atomic E-state index is -0.620. The second-order valence-electron chi connectivity index (χ2n) is 4.47. The number of nitrogens with zero attached hydrogens (tertiary/aromatic N) is 2. The SMILES string of the molecule is CN(C)C(=O)c1nc(C2CC2)ccc1C(N)=O. The van der Waals surface area contributed by atoms with Gasteiger partial charge in [-0.05, 0) is 25.0 Å². The van der Waals surface area contributed by atoms with E-state index >= 15 is 0 Å². The summed E-state index contributed by atoms with van der Waals surface area (Å²) < 4.78 is 0. The van der Waals surface area contributed by atoms with E-state index < -0.39 is 5.91 Å². The molecular weight excluding hydrogens is 218 g/mol. The Kier molecular flexibility index (Phi) is 2.83. The number of pyridine rings is 1. The van der Waals surface area contributed by atoms with Crippen LogP contribution in [0, 0.1) is 0 Å². The molecule has 5 nitrogen and oxygen atoms in total. The summed E-state index contributed by atoms with van der Waals surface area (Å²) >= 11 is 0. The third kappa shape index (κ3) is 2.27. The summed E-state index contributed by atoms with van der Waals surface area (Å²) in [6.07, 6.45) is 2.19. The molecule has 1 aliphatic rings. The molecule has 1 saturated carbocycles. The Labute approximate surface area is 99.6 Å². The minimum absolute atomic E-state index is 0.159. The summed E-state index contributed by atoms with van der Waals surface area (Å²) in [5.74, 6) is -0.475. The number of amides is 2. The highest BCUT2D eigenvalue weighted by atomic mass is 16.2. The molecule has 0 aliphatic heterocycles. The highest BCUT2D eigenvalue weighted by Crippen LogP contribution is 2.39. The third-order valence-corrected chi connectivity index (χ3v) is 2.79. The van der Waals surface area contributed by atoms with Crippen LogP contribution in [0.3, 0.4) is 0 Å². The van der Waals surface area contributed by atoms with Crippen molar-refractivity contribution in [3.05, 3.63) is 29.1 Å². The van der Waals surface area contributed by atoms with Gasteiger partial charge in [0.05, 0.1) is 5.56 Å². The standard InChI is InChI=1S/C12H15N3O2/c1-15(2)12(17)10-8(11(13)16)5-6-9(14-10)7-3-4-7/h5-7H,3-4H2,1-2H3,(H2,13,16). The molecule has 1 aromatic rings. The molecule has 2 rings (SSSR count). The van der Waals surface area contributed by atoms with Gasteiger partial charge in [0.2, 0.25) is 0 Å². The van der Waals surface area contributed by atoms with Gasteiger partial charge in [-0.3, -0.25) is 9.59 Å². The van der Waals surface area contributed by atoms with Crippen molar-refractivity contribution in [2.75, 3.05) is 14.1 Å². The Bertz CT molecular complexity index is 479. The van der Waals surface area contributed by atoms with Gasteiger partial charge in [-0.25, -0.2) is 4.98 Å². The number of nitrogens with two attached hydrogens (primary N) is 1. The molecule has 5 heteroatoms. The van der Waals surface area contributed by atoms with E-state index in [0.717, 1.165) is 18.5 Å². The summed E-state index contributed by atoms with van der Waals surface area (Å²) in [5, 5.41) is 0. The molecule has 2 N–H and O–H groups in total. The Morgan fingerprint density at radius 3 is 2.47 bits per heavy atom. The number of hydrogen-bond acceptors (Lipinski definition) is 3. The first-order valence-corrected chi connectivity index (χ1v) is 5.53. The number of aromatic nitrogens is 1. The van der Waals surface area contributed by atoms with Gasteiger partial charge in [0.25, 0.3) is 11.8 Å². The van der Waals surface area contributed by atoms with Crippen LogP contribution >= 0.6 is 0 Å². The van der Waals surface area contributed by atoms with Crippen molar-refractivity contribution in [1.82, 2.24) is 9.88 Å². The number of hydrogen-bond donors (Lipinski definition) is 1. The first kappa shape index (κ1) is 11.6. The van der Waals surface area contributed by atoms with Gasteiger partial charge in [-0.1, -0.05) is 0 Å². The molecule has 1 aliphatic carbocycles. The number of rotatable bonds is 3. The van der Waals surface area contributed by atoms with Gasteiger partial charge >= 0.3 is 0 Å². The lowest BCUT2D eigenvalue weighted by atomic mass is 10.1. The molecule has 0 atom stereocenters. The zero-order chi connectivity index (χ0) is 12.6. The van der Waals surface area contributed by atoms with E-state index in [9.17, 15) is 9.59 Å². The van der Waals surface area contributed by atoms with E-state index in [2.05, 4.69) is 4.98 Å². The molecule has 1 aromatic heterocycles. The largest absolute Gasteiger partial charge is 0.366 e. The molecule has 0 aromatic carbocycles. The Morgan fingerprint density at radius 1 is 1.35 bits per heavy atom. The molecule has 0 saturated heterocycles. The lowest BCUT2D eigenvalue weighted by molar-refractivity contribution is 0.0814. The summed E-state index contributed by atoms with van der Waals surface area (Å²) in [6.45, 7) is 0. The first-order valence-electron chi connectivity index (χ1n) is 5.53. The average molecular weight is 233 g/mol. The van der Waals surface area contributed by atoms with E-state index in [1.807, 2.05) is 0 Å². The zero-order valence-electron chi connectivity index (χ0n) is 9.93. The summed E-state index contributed by atoms with van der Waals surface area (Å²) in [7, 11) is 3.25. The monoisotopic (exact) mass is 233 g/mol. The molecule has 0 bridgehead atoms. The van der Waals surface area contributed by atoms with Gasteiger partial charge in [0, 0.05) is 25.7 Å². The van der Waals surface area contributed by atoms with Gasteiger partial charge in [-0.2, -0.15) is 0 Å². The number of carbonyl (C=O) groups excluding carboxylic acids is 2. The predicted molar refractivity (Wildman–Crippen MR) is 62.7 cm³/mol. The molecule has 0 unspecified atom stereocenters. The maximum atomic E-state index is 11.9. The van der Waals surface area contributed by atoms with Crippen LogP contribution in [0.2, 0.25) is 0 Å². The Hall–Kier alpha value is -1.91. The molecule has 1 fully saturated rings. The van der Waals surface area contributed by atoms with Gasteiger partial charge < -0.3 is 10.6 Å². The van der Waals surface area contributed by atoms with Crippen LogP contribution in [-0.2, 0) is 0 Å². The van der Waals surface area contributed by atoms with Gasteiger partial charge in [0.15, 0.2) is 0 Å². The molecule has 17 heavy (non-hydrogen) atoms. The van der Waals surface area contributed by atoms with Crippen LogP contribution in [0.1, 0.15) is 45.3 Å². The van der Waals surface area contributed by atoms with E-state index in [-0.39, 0.29) is 17.2 Å². The maximum Gasteiger partial charge on any atom is 0.272 e. The molecule has 2 amide bonds. The average Bonchev–Trinajstić information content (AvgIpc) is 3.10. The second-order valence-corrected chi connectivity index (χ2v) is 4.47. The molecule has 0 radical (unpaired) electrons. The molecule has 1 heterocycles. The quantitative estimate of drug-likeness (QED) is 0.837. The van der Waals surface area contributed by atoms with Crippen LogP contribution in [-0.4, -0.2) is 35.8 Å². The van der Waals surface area contributed by atoms with Crippen molar-refractivity contribution in [1.29, 1.82) is 0 Å². The van der Waals surface area contributed by atoms with Crippen LogP contribution < -0.4 is 5.73 Å². The van der Waals surface area contributed by atoms with Crippen LogP contribution in [0.5, 0.6) is 0 Å². The van der Waals surface area contributed by atoms with Crippen LogP contribution in [0.25, 0.3) is 0 Å². The fourth-order valence-corrected chi connectivity index (χ4v) is 1.65. The summed E-state index contributed by atoms with van der Waals surface area (Å²) in [5.41, 5.74) is 6.47. The predicted octanol–water partition coefficient (Wildman–Crippen LogP) is 0.760. The fraction of sp³-hybridized carbons (Fsp3) is 0.417. The molecule has 0 spiro atoms. The highest BCUT2D eigenvalue weighted by molar-refractivity contribution is 6.05. The zero-order valence-corrected chi connectivity index (χ0v) is 9.93. The van der Waals surface area contributed by atoms with E-state index in [1.54, 1.807) is 26.2 Å². The van der Waals surface area contributed by atoms with E-state index in [1.165, 1.54) is 4.90 Å². The lowest BCUT2D eigenvalue weighted by Gasteiger charge is -2.12. The lowest BCUT2D eigenvalue weighted by Crippen LogP contribution is -2.27. The van der Waals surface area contributed by atoms with E-state index in [0.29, 0.717) is 5.92 Å². The van der Waals surface area contributed by atoms with Crippen molar-refractivity contribution in [3.63, 3.8) is 0 Å². The number of primary amides is 1.